The molecule has 2 aromatic carbocycles. The van der Waals surface area contributed by atoms with Crippen LogP contribution in [-0.2, 0) is 16.0 Å². The number of H-pyrrole nitrogens is 1. The standard InChI is InChI=1S/C31H32Cl2F2N2O7/c1-16(2)28(36)30(39)43-27-11-19(7-8-23(27)40-3)29(38)42-25(12-20-21(32)13-37-14-22(20)33)18-6-9-24(44-31(34)35)26(10-18)41-15-17-4-5-17/h6-11,13-14,16-17,25,28,31H,4-5,12,15,36H2,1-3H3/p+1/t25-,28-/m0/s1. The van der Waals surface area contributed by atoms with Crippen LogP contribution in [0.4, 0.5) is 8.78 Å². The topological polar surface area (TPSA) is 120 Å². The minimum atomic E-state index is -3.07. The van der Waals surface area contributed by atoms with E-state index in [0.717, 1.165) is 12.8 Å². The Labute approximate surface area is 263 Å². The van der Waals surface area contributed by atoms with Gasteiger partial charge < -0.3 is 29.4 Å². The molecule has 1 aliphatic rings. The van der Waals surface area contributed by atoms with E-state index in [1.165, 1.54) is 55.9 Å². The molecule has 236 valence electrons. The Morgan fingerprint density at radius 1 is 1.00 bits per heavy atom. The number of rotatable bonds is 14. The molecule has 1 heterocycles. The number of nitrogens with one attached hydrogen (secondary N) is 1. The second kappa shape index (κ2) is 14.9. The van der Waals surface area contributed by atoms with Gasteiger partial charge in [0.1, 0.15) is 22.2 Å². The van der Waals surface area contributed by atoms with Crippen LogP contribution in [0.15, 0.2) is 48.8 Å². The molecule has 0 saturated heterocycles. The maximum atomic E-state index is 13.5. The summed E-state index contributed by atoms with van der Waals surface area (Å²) < 4.78 is 53.4. The Hall–Kier alpha value is -3.67. The maximum Gasteiger partial charge on any atom is 0.387 e. The van der Waals surface area contributed by atoms with E-state index in [4.69, 9.17) is 47.9 Å². The van der Waals surface area contributed by atoms with Gasteiger partial charge in [0.05, 0.1) is 19.3 Å². The van der Waals surface area contributed by atoms with Crippen molar-refractivity contribution in [3.8, 4) is 23.0 Å². The first kappa shape index (κ1) is 33.2. The summed E-state index contributed by atoms with van der Waals surface area (Å²) in [5.74, 6) is -1.23. The number of carbonyl (C=O) groups excluding carboxylic acids is 2. The fraction of sp³-hybridized carbons (Fsp3) is 0.387. The number of methoxy groups -OCH3 is 1. The molecule has 1 saturated carbocycles. The van der Waals surface area contributed by atoms with Gasteiger partial charge in [-0.25, -0.2) is 14.6 Å². The summed E-state index contributed by atoms with van der Waals surface area (Å²) >= 11 is 12.8. The molecule has 1 aromatic heterocycles. The molecule has 2 atom stereocenters. The Morgan fingerprint density at radius 3 is 2.30 bits per heavy atom. The minimum absolute atomic E-state index is 0.0199. The lowest BCUT2D eigenvalue weighted by atomic mass is 10.0. The molecular formula is C31H33Cl2F2N2O7+. The molecule has 0 bridgehead atoms. The molecule has 3 N–H and O–H groups in total. The van der Waals surface area contributed by atoms with Crippen LogP contribution >= 0.6 is 23.2 Å². The Balaban J connectivity index is 1.67. The van der Waals surface area contributed by atoms with Crippen molar-refractivity contribution in [1.82, 2.24) is 0 Å². The maximum absolute atomic E-state index is 13.5. The van der Waals surface area contributed by atoms with E-state index in [1.807, 2.05) is 0 Å². The van der Waals surface area contributed by atoms with Gasteiger partial charge in [0, 0.05) is 12.0 Å². The van der Waals surface area contributed by atoms with Crippen LogP contribution in [0.2, 0.25) is 10.0 Å². The van der Waals surface area contributed by atoms with Gasteiger partial charge >= 0.3 is 18.6 Å². The highest BCUT2D eigenvalue weighted by atomic mass is 35.5. The van der Waals surface area contributed by atoms with E-state index in [-0.39, 0.29) is 40.9 Å². The third kappa shape index (κ3) is 8.71. The molecule has 0 radical (unpaired) electrons. The number of nitrogens with two attached hydrogens (primary N) is 1. The van der Waals surface area contributed by atoms with Gasteiger partial charge in [0.2, 0.25) is 0 Å². The number of benzene rings is 2. The van der Waals surface area contributed by atoms with Crippen LogP contribution in [0.3, 0.4) is 0 Å². The van der Waals surface area contributed by atoms with Crippen LogP contribution in [0.1, 0.15) is 54.3 Å². The third-order valence-electron chi connectivity index (χ3n) is 6.96. The summed E-state index contributed by atoms with van der Waals surface area (Å²) in [5.41, 5.74) is 6.85. The van der Waals surface area contributed by atoms with Gasteiger partial charge in [0.15, 0.2) is 35.4 Å². The van der Waals surface area contributed by atoms with Crippen LogP contribution in [0.5, 0.6) is 23.0 Å². The number of ether oxygens (including phenoxy) is 5. The lowest BCUT2D eigenvalue weighted by molar-refractivity contribution is -0.377. The first-order valence-electron chi connectivity index (χ1n) is 13.9. The number of alkyl halides is 2. The van der Waals surface area contributed by atoms with Crippen molar-refractivity contribution in [2.45, 2.75) is 51.9 Å². The van der Waals surface area contributed by atoms with Gasteiger partial charge in [-0.3, -0.25) is 0 Å². The van der Waals surface area contributed by atoms with Gasteiger partial charge in [-0.2, -0.15) is 8.78 Å². The smallest absolute Gasteiger partial charge is 0.387 e. The van der Waals surface area contributed by atoms with E-state index in [2.05, 4.69) is 9.72 Å². The number of hydrogen-bond acceptors (Lipinski definition) is 8. The van der Waals surface area contributed by atoms with Crippen molar-refractivity contribution in [3.63, 3.8) is 0 Å². The second-order valence-electron chi connectivity index (χ2n) is 10.6. The fourth-order valence-electron chi connectivity index (χ4n) is 4.14. The Morgan fingerprint density at radius 2 is 1.68 bits per heavy atom. The monoisotopic (exact) mass is 653 g/mol. The first-order valence-corrected chi connectivity index (χ1v) is 14.6. The third-order valence-corrected chi connectivity index (χ3v) is 7.64. The zero-order valence-corrected chi connectivity index (χ0v) is 25.8. The van der Waals surface area contributed by atoms with Crippen molar-refractivity contribution in [2.24, 2.45) is 17.6 Å². The molecule has 3 aromatic rings. The average molecular weight is 655 g/mol. The predicted octanol–water partition coefficient (Wildman–Crippen LogP) is 6.24. The highest BCUT2D eigenvalue weighted by Gasteiger charge is 2.28. The molecule has 0 amide bonds. The van der Waals surface area contributed by atoms with Crippen LogP contribution in [0, 0.1) is 11.8 Å². The highest BCUT2D eigenvalue weighted by molar-refractivity contribution is 6.35. The summed E-state index contributed by atoms with van der Waals surface area (Å²) in [7, 11) is 1.39. The predicted molar refractivity (Wildman–Crippen MR) is 158 cm³/mol. The molecule has 13 heteroatoms. The van der Waals surface area contributed by atoms with E-state index in [1.54, 1.807) is 13.8 Å². The molecule has 44 heavy (non-hydrogen) atoms. The van der Waals surface area contributed by atoms with Crippen molar-refractivity contribution >= 4 is 35.1 Å². The van der Waals surface area contributed by atoms with Gasteiger partial charge in [-0.15, -0.1) is 0 Å². The zero-order valence-electron chi connectivity index (χ0n) is 24.3. The number of aromatic nitrogens is 1. The molecular weight excluding hydrogens is 621 g/mol. The van der Waals surface area contributed by atoms with Gasteiger partial charge in [-0.1, -0.05) is 43.1 Å². The van der Waals surface area contributed by atoms with Crippen molar-refractivity contribution < 1.29 is 47.0 Å². The first-order chi connectivity index (χ1) is 21.0. The van der Waals surface area contributed by atoms with Gasteiger partial charge in [-0.05, 0) is 60.6 Å². The number of hydrogen-bond donors (Lipinski definition) is 1. The number of aromatic amines is 1. The molecule has 4 rings (SSSR count). The van der Waals surface area contributed by atoms with Crippen LogP contribution in [-0.4, -0.2) is 38.3 Å². The molecule has 0 unspecified atom stereocenters. The summed E-state index contributed by atoms with van der Waals surface area (Å²) in [6, 6.07) is 7.62. The molecule has 1 aliphatic carbocycles. The lowest BCUT2D eigenvalue weighted by Crippen LogP contribution is -2.38. The summed E-state index contributed by atoms with van der Waals surface area (Å²) in [5, 5.41) is 0.586. The Kier molecular flexibility index (Phi) is 11.2. The fourth-order valence-corrected chi connectivity index (χ4v) is 4.67. The van der Waals surface area contributed by atoms with Crippen molar-refractivity contribution in [2.75, 3.05) is 13.7 Å². The molecule has 9 nitrogen and oxygen atoms in total. The lowest BCUT2D eigenvalue weighted by Gasteiger charge is -2.21. The van der Waals surface area contributed by atoms with E-state index >= 15 is 0 Å². The van der Waals surface area contributed by atoms with Crippen LogP contribution in [0.25, 0.3) is 0 Å². The minimum Gasteiger partial charge on any atom is -0.493 e. The highest BCUT2D eigenvalue weighted by Crippen LogP contribution is 2.38. The number of pyridine rings is 1. The number of carbonyl (C=O) groups is 2. The summed E-state index contributed by atoms with van der Waals surface area (Å²) in [4.78, 5) is 28.9. The quantitative estimate of drug-likeness (QED) is 0.160. The summed E-state index contributed by atoms with van der Waals surface area (Å²) in [6.45, 7) is 0.807. The largest absolute Gasteiger partial charge is 0.493 e. The number of halogens is 4. The van der Waals surface area contributed by atoms with E-state index < -0.39 is 30.7 Å². The second-order valence-corrected chi connectivity index (χ2v) is 11.4. The molecule has 0 aliphatic heterocycles. The molecule has 1 fully saturated rings. The van der Waals surface area contributed by atoms with E-state index in [0.29, 0.717) is 33.7 Å². The zero-order chi connectivity index (χ0) is 32.0. The van der Waals surface area contributed by atoms with Crippen molar-refractivity contribution in [1.29, 1.82) is 0 Å². The molecule has 0 spiro atoms. The van der Waals surface area contributed by atoms with E-state index in [9.17, 15) is 18.4 Å². The Bertz CT molecular complexity index is 1470. The van der Waals surface area contributed by atoms with Gasteiger partial charge in [0.25, 0.3) is 0 Å². The SMILES string of the molecule is COc1ccc(C(=O)O[C@@H](Cc2c(Cl)c[nH+]cc2Cl)c2ccc(OC(F)F)c(OCC3CC3)c2)cc1OC(=O)[C@@H](N)C(C)C. The summed E-state index contributed by atoms with van der Waals surface area (Å²) in [6.07, 6.45) is 4.03. The van der Waals surface area contributed by atoms with Crippen molar-refractivity contribution in [3.05, 3.63) is 75.5 Å². The normalized spacial score (nSPS) is 14.2. The average Bonchev–Trinajstić information content (AvgIpc) is 3.81. The number of esters is 2. The van der Waals surface area contributed by atoms with Crippen LogP contribution < -0.4 is 29.7 Å².